The topological polar surface area (TPSA) is 68.2 Å². The molecule has 0 fully saturated rings. The highest BCUT2D eigenvalue weighted by Gasteiger charge is 2.07. The molecule has 19 heavy (non-hydrogen) atoms. The molecule has 1 aromatic heterocycles. The zero-order valence-corrected chi connectivity index (χ0v) is 10.1. The number of benzene rings is 2. The van der Waals surface area contributed by atoms with E-state index in [-0.39, 0.29) is 0 Å². The molecule has 0 radical (unpaired) electrons. The number of carboxylic acid groups (broad SMARTS) is 1. The van der Waals surface area contributed by atoms with E-state index in [1.54, 1.807) is 12.1 Å². The Morgan fingerprint density at radius 1 is 1.05 bits per heavy atom. The van der Waals surface area contributed by atoms with Gasteiger partial charge in [-0.05, 0) is 48.5 Å². The van der Waals surface area contributed by atoms with Crippen LogP contribution in [-0.4, -0.2) is 15.6 Å². The molecule has 0 aliphatic carbocycles. The van der Waals surface area contributed by atoms with Gasteiger partial charge < -0.3 is 15.4 Å². The van der Waals surface area contributed by atoms with E-state index in [0.29, 0.717) is 11.3 Å². The standard InChI is InChI=1S/C15H12N2O2/c16-12-2-4-13(5-3-12)17-8-7-10-9-11(15(18)19)1-6-14(10)17/h1-9H,16H2,(H,18,19). The third-order valence-corrected chi connectivity index (χ3v) is 3.11. The monoisotopic (exact) mass is 252 g/mol. The Labute approximate surface area is 109 Å². The van der Waals surface area contributed by atoms with Gasteiger partial charge in [0, 0.05) is 23.0 Å². The van der Waals surface area contributed by atoms with Crippen molar-refractivity contribution in [2.24, 2.45) is 0 Å². The number of nitrogen functional groups attached to an aromatic ring is 1. The molecule has 0 saturated heterocycles. The van der Waals surface area contributed by atoms with Gasteiger partial charge in [0.1, 0.15) is 0 Å². The zero-order valence-electron chi connectivity index (χ0n) is 10.1. The molecule has 4 heteroatoms. The van der Waals surface area contributed by atoms with Crippen LogP contribution in [0.2, 0.25) is 0 Å². The van der Waals surface area contributed by atoms with E-state index < -0.39 is 5.97 Å². The zero-order chi connectivity index (χ0) is 13.4. The van der Waals surface area contributed by atoms with Crippen molar-refractivity contribution in [2.75, 3.05) is 5.73 Å². The second kappa shape index (κ2) is 4.17. The largest absolute Gasteiger partial charge is 0.478 e. The lowest BCUT2D eigenvalue weighted by atomic mass is 10.1. The SMILES string of the molecule is Nc1ccc(-n2ccc3cc(C(=O)O)ccc32)cc1. The smallest absolute Gasteiger partial charge is 0.335 e. The van der Waals surface area contributed by atoms with Gasteiger partial charge in [-0.3, -0.25) is 0 Å². The maximum Gasteiger partial charge on any atom is 0.335 e. The number of rotatable bonds is 2. The molecule has 4 nitrogen and oxygen atoms in total. The number of nitrogens with zero attached hydrogens (tertiary/aromatic N) is 1. The minimum Gasteiger partial charge on any atom is -0.478 e. The molecule has 2 aromatic carbocycles. The molecule has 1 heterocycles. The number of carboxylic acids is 1. The molecule has 0 aliphatic rings. The quantitative estimate of drug-likeness (QED) is 0.689. The maximum atomic E-state index is 10.9. The van der Waals surface area contributed by atoms with Gasteiger partial charge in [0.2, 0.25) is 0 Å². The average molecular weight is 252 g/mol. The fourth-order valence-electron chi connectivity index (χ4n) is 2.14. The van der Waals surface area contributed by atoms with Gasteiger partial charge in [-0.25, -0.2) is 4.79 Å². The number of aromatic carboxylic acids is 1. The number of fused-ring (bicyclic) bond motifs is 1. The highest BCUT2D eigenvalue weighted by molar-refractivity contribution is 5.94. The molecule has 3 rings (SSSR count). The van der Waals surface area contributed by atoms with E-state index in [1.807, 2.05) is 47.2 Å². The van der Waals surface area contributed by atoms with Crippen molar-refractivity contribution in [1.29, 1.82) is 0 Å². The fourth-order valence-corrected chi connectivity index (χ4v) is 2.14. The molecule has 0 spiro atoms. The Balaban J connectivity index is 2.15. The Morgan fingerprint density at radius 3 is 2.47 bits per heavy atom. The lowest BCUT2D eigenvalue weighted by molar-refractivity contribution is 0.0697. The molecule has 0 aliphatic heterocycles. The van der Waals surface area contributed by atoms with Gasteiger partial charge in [-0.15, -0.1) is 0 Å². The first kappa shape index (κ1) is 11.3. The van der Waals surface area contributed by atoms with Gasteiger partial charge in [-0.2, -0.15) is 0 Å². The minimum atomic E-state index is -0.915. The minimum absolute atomic E-state index is 0.294. The second-order valence-corrected chi connectivity index (χ2v) is 4.36. The molecular formula is C15H12N2O2. The number of aromatic nitrogens is 1. The Bertz CT molecular complexity index is 757. The summed E-state index contributed by atoms with van der Waals surface area (Å²) in [6, 6.07) is 14.5. The maximum absolute atomic E-state index is 10.9. The van der Waals surface area contributed by atoms with E-state index >= 15 is 0 Å². The van der Waals surface area contributed by atoms with Crippen LogP contribution in [0.1, 0.15) is 10.4 Å². The number of anilines is 1. The molecular weight excluding hydrogens is 240 g/mol. The fraction of sp³-hybridized carbons (Fsp3) is 0. The summed E-state index contributed by atoms with van der Waals surface area (Å²) in [4.78, 5) is 10.9. The summed E-state index contributed by atoms with van der Waals surface area (Å²) in [7, 11) is 0. The van der Waals surface area contributed by atoms with Crippen LogP contribution in [0.3, 0.4) is 0 Å². The molecule has 0 saturated carbocycles. The Kier molecular flexibility index (Phi) is 2.49. The van der Waals surface area contributed by atoms with Gasteiger partial charge in [0.05, 0.1) is 11.1 Å². The van der Waals surface area contributed by atoms with E-state index in [4.69, 9.17) is 10.8 Å². The Hall–Kier alpha value is -2.75. The van der Waals surface area contributed by atoms with Crippen molar-refractivity contribution in [3.05, 3.63) is 60.3 Å². The number of nitrogens with two attached hydrogens (primary N) is 1. The summed E-state index contributed by atoms with van der Waals surface area (Å²) in [6.07, 6.45) is 1.92. The second-order valence-electron chi connectivity index (χ2n) is 4.36. The lowest BCUT2D eigenvalue weighted by Crippen LogP contribution is -1.96. The van der Waals surface area contributed by atoms with Crippen LogP contribution in [-0.2, 0) is 0 Å². The number of hydrogen-bond donors (Lipinski definition) is 2. The molecule has 3 aromatic rings. The summed E-state index contributed by atoms with van der Waals surface area (Å²) in [5, 5.41) is 9.88. The number of carbonyl (C=O) groups is 1. The molecule has 0 unspecified atom stereocenters. The van der Waals surface area contributed by atoms with Crippen LogP contribution < -0.4 is 5.73 Å². The summed E-state index contributed by atoms with van der Waals surface area (Å²) < 4.78 is 2.00. The molecule has 94 valence electrons. The van der Waals surface area contributed by atoms with Crippen molar-refractivity contribution < 1.29 is 9.90 Å². The van der Waals surface area contributed by atoms with Crippen molar-refractivity contribution in [2.45, 2.75) is 0 Å². The van der Waals surface area contributed by atoms with Crippen LogP contribution in [0, 0.1) is 0 Å². The third kappa shape index (κ3) is 1.93. The summed E-state index contributed by atoms with van der Waals surface area (Å²) in [5.74, 6) is -0.915. The predicted molar refractivity (Wildman–Crippen MR) is 74.6 cm³/mol. The molecule has 0 atom stereocenters. The van der Waals surface area contributed by atoms with Crippen molar-refractivity contribution in [3.8, 4) is 5.69 Å². The van der Waals surface area contributed by atoms with Crippen molar-refractivity contribution >= 4 is 22.6 Å². The van der Waals surface area contributed by atoms with E-state index in [0.717, 1.165) is 16.6 Å². The highest BCUT2D eigenvalue weighted by atomic mass is 16.4. The highest BCUT2D eigenvalue weighted by Crippen LogP contribution is 2.22. The third-order valence-electron chi connectivity index (χ3n) is 3.11. The predicted octanol–water partition coefficient (Wildman–Crippen LogP) is 2.91. The van der Waals surface area contributed by atoms with E-state index in [1.165, 1.54) is 0 Å². The summed E-state index contributed by atoms with van der Waals surface area (Å²) >= 11 is 0. The van der Waals surface area contributed by atoms with Crippen molar-refractivity contribution in [3.63, 3.8) is 0 Å². The van der Waals surface area contributed by atoms with Crippen LogP contribution in [0.25, 0.3) is 16.6 Å². The van der Waals surface area contributed by atoms with Gasteiger partial charge >= 0.3 is 5.97 Å². The summed E-state index contributed by atoms with van der Waals surface area (Å²) in [5.41, 5.74) is 8.64. The van der Waals surface area contributed by atoms with Crippen molar-refractivity contribution in [1.82, 2.24) is 4.57 Å². The van der Waals surface area contributed by atoms with Crippen LogP contribution >= 0.6 is 0 Å². The lowest BCUT2D eigenvalue weighted by Gasteiger charge is -2.06. The van der Waals surface area contributed by atoms with E-state index in [2.05, 4.69) is 0 Å². The van der Waals surface area contributed by atoms with Crippen LogP contribution in [0.4, 0.5) is 5.69 Å². The van der Waals surface area contributed by atoms with Gasteiger partial charge in [0.25, 0.3) is 0 Å². The molecule has 0 bridgehead atoms. The van der Waals surface area contributed by atoms with Crippen LogP contribution in [0.5, 0.6) is 0 Å². The summed E-state index contributed by atoms with van der Waals surface area (Å²) in [6.45, 7) is 0. The first-order chi connectivity index (χ1) is 9.15. The first-order valence-corrected chi connectivity index (χ1v) is 5.85. The van der Waals surface area contributed by atoms with Crippen LogP contribution in [0.15, 0.2) is 54.7 Å². The van der Waals surface area contributed by atoms with E-state index in [9.17, 15) is 4.79 Å². The Morgan fingerprint density at radius 2 is 1.79 bits per heavy atom. The average Bonchev–Trinajstić information content (AvgIpc) is 2.82. The first-order valence-electron chi connectivity index (χ1n) is 5.85. The molecule has 0 amide bonds. The molecule has 3 N–H and O–H groups in total. The normalized spacial score (nSPS) is 10.7. The van der Waals surface area contributed by atoms with Gasteiger partial charge in [0.15, 0.2) is 0 Å². The number of hydrogen-bond acceptors (Lipinski definition) is 2. The van der Waals surface area contributed by atoms with Gasteiger partial charge in [-0.1, -0.05) is 0 Å².